The number of rotatable bonds is 5. The summed E-state index contributed by atoms with van der Waals surface area (Å²) in [6.07, 6.45) is 3.47. The number of hydrogen-bond acceptors (Lipinski definition) is 5. The van der Waals surface area contributed by atoms with Crippen LogP contribution >= 0.6 is 0 Å². The van der Waals surface area contributed by atoms with Crippen LogP contribution in [0.4, 0.5) is 26.4 Å². The number of aromatic nitrogens is 1. The number of methoxy groups -OCH3 is 2. The van der Waals surface area contributed by atoms with Crippen LogP contribution in [0.15, 0.2) is 42.5 Å². The second kappa shape index (κ2) is 9.07. The molecular formula is C23H25FN4O3. The number of amides is 2. The molecule has 1 fully saturated rings. The zero-order valence-corrected chi connectivity index (χ0v) is 17.6. The first kappa shape index (κ1) is 20.7. The zero-order chi connectivity index (χ0) is 21.8. The molecule has 0 bridgehead atoms. The van der Waals surface area contributed by atoms with Crippen LogP contribution in [0.1, 0.15) is 19.3 Å². The van der Waals surface area contributed by atoms with Crippen molar-refractivity contribution in [2.75, 3.05) is 42.8 Å². The van der Waals surface area contributed by atoms with Gasteiger partial charge in [0, 0.05) is 35.9 Å². The van der Waals surface area contributed by atoms with Crippen molar-refractivity contribution in [1.29, 1.82) is 0 Å². The highest BCUT2D eigenvalue weighted by molar-refractivity contribution is 6.01. The second-order valence-corrected chi connectivity index (χ2v) is 7.40. The van der Waals surface area contributed by atoms with Crippen molar-refractivity contribution in [2.45, 2.75) is 19.3 Å². The highest BCUT2D eigenvalue weighted by atomic mass is 19.1. The molecule has 2 amide bonds. The number of hydrogen-bond donors (Lipinski definition) is 2. The first-order valence-corrected chi connectivity index (χ1v) is 10.2. The molecular weight excluding hydrogens is 399 g/mol. The maximum atomic E-state index is 14.8. The first-order chi connectivity index (χ1) is 15.1. The summed E-state index contributed by atoms with van der Waals surface area (Å²) in [5, 5.41) is 6.00. The monoisotopic (exact) mass is 424 g/mol. The predicted molar refractivity (Wildman–Crippen MR) is 120 cm³/mol. The van der Waals surface area contributed by atoms with Crippen LogP contribution in [0.25, 0.3) is 10.9 Å². The number of halogens is 1. The minimum atomic E-state index is -0.496. The number of nitrogens with one attached hydrogen (secondary N) is 2. The van der Waals surface area contributed by atoms with Crippen molar-refractivity contribution in [1.82, 2.24) is 4.98 Å². The average Bonchev–Trinajstić information content (AvgIpc) is 2.79. The molecule has 1 aromatic heterocycles. The smallest absolute Gasteiger partial charge is 0.323 e. The third-order valence-corrected chi connectivity index (χ3v) is 5.31. The molecule has 31 heavy (non-hydrogen) atoms. The summed E-state index contributed by atoms with van der Waals surface area (Å²) in [6, 6.07) is 11.3. The number of carbonyl (C=O) groups is 1. The van der Waals surface area contributed by atoms with Gasteiger partial charge in [-0.25, -0.2) is 14.2 Å². The molecule has 0 aliphatic carbocycles. The van der Waals surface area contributed by atoms with Gasteiger partial charge in [0.15, 0.2) is 17.3 Å². The van der Waals surface area contributed by atoms with E-state index in [1.807, 2.05) is 12.1 Å². The molecule has 0 radical (unpaired) electrons. The van der Waals surface area contributed by atoms with Gasteiger partial charge in [-0.1, -0.05) is 0 Å². The molecule has 1 saturated heterocycles. The fourth-order valence-electron chi connectivity index (χ4n) is 3.76. The molecule has 2 aromatic carbocycles. The highest BCUT2D eigenvalue weighted by Gasteiger charge is 2.15. The summed E-state index contributed by atoms with van der Waals surface area (Å²) in [6.45, 7) is 1.88. The van der Waals surface area contributed by atoms with Crippen molar-refractivity contribution in [3.8, 4) is 11.5 Å². The Labute approximate surface area is 180 Å². The quantitative estimate of drug-likeness (QED) is 0.601. The van der Waals surface area contributed by atoms with E-state index in [4.69, 9.17) is 9.47 Å². The lowest BCUT2D eigenvalue weighted by Crippen LogP contribution is -2.30. The number of ether oxygens (including phenoxy) is 2. The minimum absolute atomic E-state index is 0.300. The fourth-order valence-corrected chi connectivity index (χ4v) is 3.76. The number of urea groups is 1. The summed E-state index contributed by atoms with van der Waals surface area (Å²) in [5.41, 5.74) is 1.16. The number of anilines is 3. The lowest BCUT2D eigenvalue weighted by Gasteiger charge is -2.27. The molecule has 4 rings (SSSR count). The van der Waals surface area contributed by atoms with Gasteiger partial charge in [-0.15, -0.1) is 0 Å². The van der Waals surface area contributed by atoms with Crippen LogP contribution in [0.5, 0.6) is 11.5 Å². The van der Waals surface area contributed by atoms with Crippen LogP contribution < -0.4 is 25.0 Å². The normalized spacial score (nSPS) is 13.7. The van der Waals surface area contributed by atoms with E-state index in [0.717, 1.165) is 31.7 Å². The zero-order valence-electron chi connectivity index (χ0n) is 17.6. The summed E-state index contributed by atoms with van der Waals surface area (Å²) in [7, 11) is 3.06. The summed E-state index contributed by atoms with van der Waals surface area (Å²) >= 11 is 0. The Kier molecular flexibility index (Phi) is 6.06. The molecule has 3 aromatic rings. The lowest BCUT2D eigenvalue weighted by molar-refractivity contribution is 0.262. The van der Waals surface area contributed by atoms with Gasteiger partial charge in [0.05, 0.1) is 14.2 Å². The van der Waals surface area contributed by atoms with E-state index >= 15 is 0 Å². The average molecular weight is 424 g/mol. The largest absolute Gasteiger partial charge is 0.493 e. The Morgan fingerprint density at radius 3 is 2.42 bits per heavy atom. The standard InChI is InChI=1S/C23H25FN4O3/c1-30-19-8-7-16(14-20(19)31-2)25-23(29)26-17-12-15-6-9-21(27-22(15)18(24)13-17)28-10-4-3-5-11-28/h6-9,12-14H,3-5,10-11H2,1-2H3,(H2,25,26,29). The van der Waals surface area contributed by atoms with Gasteiger partial charge in [0.1, 0.15) is 11.3 Å². The molecule has 1 aliphatic rings. The molecule has 2 N–H and O–H groups in total. The Balaban J connectivity index is 1.50. The molecule has 0 saturated carbocycles. The highest BCUT2D eigenvalue weighted by Crippen LogP contribution is 2.30. The number of piperidine rings is 1. The molecule has 1 aliphatic heterocycles. The van der Waals surface area contributed by atoms with Crippen LogP contribution in [-0.4, -0.2) is 38.3 Å². The SMILES string of the molecule is COc1ccc(NC(=O)Nc2cc(F)c3nc(N4CCCCC4)ccc3c2)cc1OC. The fraction of sp³-hybridized carbons (Fsp3) is 0.304. The second-order valence-electron chi connectivity index (χ2n) is 7.40. The Morgan fingerprint density at radius 2 is 1.68 bits per heavy atom. The van der Waals surface area contributed by atoms with Gasteiger partial charge < -0.3 is 25.0 Å². The molecule has 0 spiro atoms. The lowest BCUT2D eigenvalue weighted by atomic mass is 10.1. The van der Waals surface area contributed by atoms with Gasteiger partial charge >= 0.3 is 6.03 Å². The third-order valence-electron chi connectivity index (χ3n) is 5.31. The van der Waals surface area contributed by atoms with E-state index in [1.54, 1.807) is 24.3 Å². The Morgan fingerprint density at radius 1 is 0.935 bits per heavy atom. The van der Waals surface area contributed by atoms with E-state index < -0.39 is 11.8 Å². The van der Waals surface area contributed by atoms with Crippen LogP contribution in [0, 0.1) is 5.82 Å². The van der Waals surface area contributed by atoms with E-state index in [9.17, 15) is 9.18 Å². The summed E-state index contributed by atoms with van der Waals surface area (Å²) < 4.78 is 25.2. The van der Waals surface area contributed by atoms with E-state index in [1.165, 1.54) is 26.7 Å². The third kappa shape index (κ3) is 4.63. The van der Waals surface area contributed by atoms with Crippen LogP contribution in [0.3, 0.4) is 0 Å². The van der Waals surface area contributed by atoms with E-state index in [2.05, 4.69) is 20.5 Å². The number of benzene rings is 2. The molecule has 162 valence electrons. The van der Waals surface area contributed by atoms with Gasteiger partial charge in [0.25, 0.3) is 0 Å². The van der Waals surface area contributed by atoms with Crippen molar-refractivity contribution >= 4 is 34.1 Å². The van der Waals surface area contributed by atoms with E-state index in [-0.39, 0.29) is 0 Å². The topological polar surface area (TPSA) is 75.7 Å². The minimum Gasteiger partial charge on any atom is -0.493 e. The maximum Gasteiger partial charge on any atom is 0.323 e. The van der Waals surface area contributed by atoms with E-state index in [0.29, 0.717) is 33.8 Å². The van der Waals surface area contributed by atoms with Gasteiger partial charge in [-0.05, 0) is 55.7 Å². The van der Waals surface area contributed by atoms with Gasteiger partial charge in [0.2, 0.25) is 0 Å². The van der Waals surface area contributed by atoms with Crippen molar-refractivity contribution in [3.05, 3.63) is 48.3 Å². The first-order valence-electron chi connectivity index (χ1n) is 10.2. The molecule has 0 unspecified atom stereocenters. The van der Waals surface area contributed by atoms with Crippen molar-refractivity contribution < 1.29 is 18.7 Å². The van der Waals surface area contributed by atoms with Crippen molar-refractivity contribution in [2.24, 2.45) is 0 Å². The molecule has 7 nitrogen and oxygen atoms in total. The number of nitrogens with zero attached hydrogens (tertiary/aromatic N) is 2. The summed E-state index contributed by atoms with van der Waals surface area (Å²) in [5.74, 6) is 1.37. The Bertz CT molecular complexity index is 1100. The molecule has 0 atom stereocenters. The summed E-state index contributed by atoms with van der Waals surface area (Å²) in [4.78, 5) is 19.1. The van der Waals surface area contributed by atoms with Gasteiger partial charge in [-0.3, -0.25) is 0 Å². The van der Waals surface area contributed by atoms with Crippen LogP contribution in [0.2, 0.25) is 0 Å². The molecule has 8 heteroatoms. The van der Waals surface area contributed by atoms with Gasteiger partial charge in [-0.2, -0.15) is 0 Å². The number of fused-ring (bicyclic) bond motifs is 1. The van der Waals surface area contributed by atoms with Crippen molar-refractivity contribution in [3.63, 3.8) is 0 Å². The Hall–Kier alpha value is -3.55. The number of carbonyl (C=O) groups excluding carboxylic acids is 1. The maximum absolute atomic E-state index is 14.8. The predicted octanol–water partition coefficient (Wildman–Crippen LogP) is 5.03. The molecule has 2 heterocycles. The van der Waals surface area contributed by atoms with Crippen LogP contribution in [-0.2, 0) is 0 Å². The number of pyridine rings is 1.